The molecule has 0 radical (unpaired) electrons. The van der Waals surface area contributed by atoms with Crippen LogP contribution in [0.3, 0.4) is 0 Å². The predicted octanol–water partition coefficient (Wildman–Crippen LogP) is 2.09. The first-order valence-electron chi connectivity index (χ1n) is 6.42. The Labute approximate surface area is 139 Å². The molecule has 0 spiro atoms. The van der Waals surface area contributed by atoms with Crippen molar-refractivity contribution in [3.8, 4) is 11.5 Å². The minimum absolute atomic E-state index is 0. The molecule has 0 aliphatic heterocycles. The van der Waals surface area contributed by atoms with Gasteiger partial charge < -0.3 is 19.6 Å². The molecule has 0 fully saturated rings. The van der Waals surface area contributed by atoms with Crippen LogP contribution in [0.1, 0.15) is 5.56 Å². The van der Waals surface area contributed by atoms with Crippen LogP contribution in [0.4, 0.5) is 0 Å². The molecule has 0 aromatic heterocycles. The van der Waals surface area contributed by atoms with E-state index in [-0.39, 0.29) is 27.1 Å². The van der Waals surface area contributed by atoms with Gasteiger partial charge >= 0.3 is 0 Å². The summed E-state index contributed by atoms with van der Waals surface area (Å²) in [6, 6.07) is 9.44. The Morgan fingerprint density at radius 2 is 1.86 bits per heavy atom. The molecule has 1 atom stereocenters. The quantitative estimate of drug-likeness (QED) is 0.677. The van der Waals surface area contributed by atoms with Gasteiger partial charge in [-0.15, -0.1) is 0 Å². The fourth-order valence-electron chi connectivity index (χ4n) is 2.35. The van der Waals surface area contributed by atoms with E-state index in [2.05, 4.69) is 5.32 Å². The van der Waals surface area contributed by atoms with Gasteiger partial charge in [-0.1, -0.05) is 30.3 Å². The number of nitrogens with one attached hydrogen (secondary N) is 1. The van der Waals surface area contributed by atoms with Crippen molar-refractivity contribution < 1.29 is 35.3 Å². The Bertz CT molecular complexity index is 616. The number of methoxy groups -OCH3 is 2. The molecular formula is C16H18NO3W-. The fourth-order valence-corrected chi connectivity index (χ4v) is 2.35. The molecule has 4 nitrogen and oxygen atoms in total. The van der Waals surface area contributed by atoms with Crippen molar-refractivity contribution >= 4 is 17.1 Å². The van der Waals surface area contributed by atoms with E-state index in [0.717, 1.165) is 27.8 Å². The maximum Gasteiger partial charge on any atom is 0.130 e. The molecular weight excluding hydrogens is 438 g/mol. The van der Waals surface area contributed by atoms with E-state index in [1.165, 1.54) is 0 Å². The Morgan fingerprint density at radius 3 is 2.38 bits per heavy atom. The van der Waals surface area contributed by atoms with E-state index in [9.17, 15) is 4.79 Å². The van der Waals surface area contributed by atoms with E-state index in [0.29, 0.717) is 6.42 Å². The SMILES string of the molecule is CNC([C-]=O)Cc1cc(OC)c2ccccc2c1OC.[W]. The first kappa shape index (κ1) is 17.7. The molecule has 0 saturated heterocycles. The number of fused-ring (bicyclic) bond motifs is 1. The van der Waals surface area contributed by atoms with Crippen LogP contribution in [0.25, 0.3) is 10.8 Å². The third kappa shape index (κ3) is 3.63. The number of carbonyl (C=O) groups excluding carboxylic acids is 1. The van der Waals surface area contributed by atoms with Crippen molar-refractivity contribution in [3.63, 3.8) is 0 Å². The summed E-state index contributed by atoms with van der Waals surface area (Å²) in [5, 5.41) is 4.89. The molecule has 2 aromatic carbocycles. The zero-order valence-corrected chi connectivity index (χ0v) is 15.2. The molecule has 2 rings (SSSR count). The molecule has 0 heterocycles. The van der Waals surface area contributed by atoms with Crippen molar-refractivity contribution in [1.29, 1.82) is 0 Å². The average molecular weight is 456 g/mol. The molecule has 0 aliphatic rings. The Morgan fingerprint density at radius 1 is 1.19 bits per heavy atom. The van der Waals surface area contributed by atoms with E-state index >= 15 is 0 Å². The van der Waals surface area contributed by atoms with Crippen LogP contribution in [0.5, 0.6) is 11.5 Å². The Balaban J connectivity index is 0.00000220. The molecule has 0 amide bonds. The largest absolute Gasteiger partial charge is 0.540 e. The predicted molar refractivity (Wildman–Crippen MR) is 79.3 cm³/mol. The third-order valence-electron chi connectivity index (χ3n) is 3.37. The maximum absolute atomic E-state index is 10.9. The van der Waals surface area contributed by atoms with Crippen LogP contribution in [0.15, 0.2) is 30.3 Å². The number of benzene rings is 2. The van der Waals surface area contributed by atoms with Crippen LogP contribution in [-0.2, 0) is 32.3 Å². The van der Waals surface area contributed by atoms with Crippen molar-refractivity contribution in [1.82, 2.24) is 5.32 Å². The van der Waals surface area contributed by atoms with Gasteiger partial charge in [0.2, 0.25) is 0 Å². The van der Waals surface area contributed by atoms with Crippen molar-refractivity contribution in [2.45, 2.75) is 12.5 Å². The van der Waals surface area contributed by atoms with Gasteiger partial charge in [-0.3, -0.25) is 0 Å². The van der Waals surface area contributed by atoms with E-state index < -0.39 is 0 Å². The zero-order valence-electron chi connectivity index (χ0n) is 12.3. The second-order valence-corrected chi connectivity index (χ2v) is 4.48. The summed E-state index contributed by atoms with van der Waals surface area (Å²) in [4.78, 5) is 10.9. The maximum atomic E-state index is 10.9. The van der Waals surface area contributed by atoms with Gasteiger partial charge in [0.25, 0.3) is 0 Å². The first-order valence-corrected chi connectivity index (χ1v) is 6.42. The normalized spacial score (nSPS) is 11.6. The monoisotopic (exact) mass is 456 g/mol. The number of likely N-dealkylation sites (N-methyl/N-ethyl adjacent to an activating group) is 1. The van der Waals surface area contributed by atoms with E-state index in [1.54, 1.807) is 21.3 Å². The summed E-state index contributed by atoms with van der Waals surface area (Å²) < 4.78 is 11.0. The van der Waals surface area contributed by atoms with E-state index in [4.69, 9.17) is 9.47 Å². The van der Waals surface area contributed by atoms with Crippen molar-refractivity contribution in [3.05, 3.63) is 35.9 Å². The average Bonchev–Trinajstić information content (AvgIpc) is 2.51. The first-order chi connectivity index (χ1) is 9.74. The van der Waals surface area contributed by atoms with Crippen LogP contribution < -0.4 is 14.8 Å². The molecule has 2 aromatic rings. The van der Waals surface area contributed by atoms with Gasteiger partial charge in [0, 0.05) is 31.8 Å². The van der Waals surface area contributed by atoms with Crippen LogP contribution >= 0.6 is 0 Å². The standard InChI is InChI=1S/C16H18NO3.W/c1-17-12(10-18)8-11-9-15(19-2)13-6-4-5-7-14(13)16(11)20-3;/h4-7,9,12,17H,8H2,1-3H3;/q-1;. The molecule has 21 heavy (non-hydrogen) atoms. The molecule has 5 heteroatoms. The van der Waals surface area contributed by atoms with Crippen molar-refractivity contribution in [2.75, 3.05) is 21.3 Å². The topological polar surface area (TPSA) is 47.6 Å². The number of rotatable bonds is 6. The Hall–Kier alpha value is -1.38. The minimum Gasteiger partial charge on any atom is -0.540 e. The second-order valence-electron chi connectivity index (χ2n) is 4.48. The summed E-state index contributed by atoms with van der Waals surface area (Å²) in [6.07, 6.45) is 2.48. The molecule has 1 N–H and O–H groups in total. The van der Waals surface area contributed by atoms with Gasteiger partial charge in [-0.2, -0.15) is 0 Å². The Kier molecular flexibility index (Phi) is 6.86. The molecule has 112 valence electrons. The summed E-state index contributed by atoms with van der Waals surface area (Å²) in [5.74, 6) is 1.55. The number of hydrogen-bond donors (Lipinski definition) is 1. The summed E-state index contributed by atoms with van der Waals surface area (Å²) in [6.45, 7) is 0. The molecule has 0 saturated carbocycles. The minimum atomic E-state index is -0.366. The van der Waals surface area contributed by atoms with Gasteiger partial charge in [0.1, 0.15) is 11.5 Å². The zero-order chi connectivity index (χ0) is 14.5. The summed E-state index contributed by atoms with van der Waals surface area (Å²) >= 11 is 0. The van der Waals surface area contributed by atoms with Gasteiger partial charge in [-0.25, -0.2) is 6.29 Å². The molecule has 0 aliphatic carbocycles. The van der Waals surface area contributed by atoms with Crippen LogP contribution in [0, 0.1) is 0 Å². The molecule has 1 unspecified atom stereocenters. The van der Waals surface area contributed by atoms with Gasteiger partial charge in [0.15, 0.2) is 0 Å². The molecule has 0 bridgehead atoms. The van der Waals surface area contributed by atoms with Crippen molar-refractivity contribution in [2.24, 2.45) is 0 Å². The van der Waals surface area contributed by atoms with E-state index in [1.807, 2.05) is 36.6 Å². The smallest absolute Gasteiger partial charge is 0.130 e. The fraction of sp³-hybridized carbons (Fsp3) is 0.312. The van der Waals surface area contributed by atoms with Gasteiger partial charge in [0.05, 0.1) is 14.2 Å². The second kappa shape index (κ2) is 8.16. The third-order valence-corrected chi connectivity index (χ3v) is 3.37. The van der Waals surface area contributed by atoms with Crippen LogP contribution in [0.2, 0.25) is 0 Å². The van der Waals surface area contributed by atoms with Crippen LogP contribution in [-0.4, -0.2) is 33.6 Å². The summed E-state index contributed by atoms with van der Waals surface area (Å²) in [7, 11) is 5.01. The number of hydrogen-bond acceptors (Lipinski definition) is 4. The summed E-state index contributed by atoms with van der Waals surface area (Å²) in [5.41, 5.74) is 0.922. The number of ether oxygens (including phenoxy) is 2. The van der Waals surface area contributed by atoms with Gasteiger partial charge in [-0.05, 0) is 25.1 Å².